The van der Waals surface area contributed by atoms with Crippen LogP contribution >= 0.6 is 0 Å². The highest BCUT2D eigenvalue weighted by molar-refractivity contribution is 5.76. The van der Waals surface area contributed by atoms with E-state index in [0.717, 1.165) is 36.3 Å². The van der Waals surface area contributed by atoms with E-state index in [1.807, 2.05) is 35.2 Å². The van der Waals surface area contributed by atoms with Crippen LogP contribution in [0.5, 0.6) is 0 Å². The molecule has 5 fully saturated rings. The van der Waals surface area contributed by atoms with Crippen LogP contribution in [0.4, 0.5) is 9.59 Å². The van der Waals surface area contributed by atoms with E-state index in [1.54, 1.807) is 0 Å². The van der Waals surface area contributed by atoms with Gasteiger partial charge in [0.25, 0.3) is 0 Å². The van der Waals surface area contributed by atoms with Crippen molar-refractivity contribution in [2.75, 3.05) is 19.6 Å². The molecule has 5 unspecified atom stereocenters. The molecular formula is C25H34N4O2. The van der Waals surface area contributed by atoms with Crippen LogP contribution in [0.25, 0.3) is 0 Å². The molecule has 6 atom stereocenters. The molecule has 4 aliphatic carbocycles. The lowest BCUT2D eigenvalue weighted by atomic mass is 9.51. The zero-order valence-corrected chi connectivity index (χ0v) is 18.2. The first-order valence-electron chi connectivity index (χ1n) is 12.2. The predicted molar refractivity (Wildman–Crippen MR) is 118 cm³/mol. The lowest BCUT2D eigenvalue weighted by molar-refractivity contribution is -0.0457. The fraction of sp³-hybridized carbons (Fsp3) is 0.680. The van der Waals surface area contributed by atoms with Gasteiger partial charge in [0, 0.05) is 31.7 Å². The van der Waals surface area contributed by atoms with Gasteiger partial charge in [-0.25, -0.2) is 9.59 Å². The van der Waals surface area contributed by atoms with Gasteiger partial charge >= 0.3 is 12.1 Å². The van der Waals surface area contributed by atoms with Crippen molar-refractivity contribution in [3.8, 4) is 0 Å². The fourth-order valence-corrected chi connectivity index (χ4v) is 8.17. The van der Waals surface area contributed by atoms with E-state index in [4.69, 9.17) is 0 Å². The molecule has 4 amide bonds. The van der Waals surface area contributed by atoms with Gasteiger partial charge in [-0.2, -0.15) is 0 Å². The Morgan fingerprint density at radius 1 is 1.00 bits per heavy atom. The highest BCUT2D eigenvalue weighted by Crippen LogP contribution is 2.77. The molecule has 4 saturated carbocycles. The molecule has 1 aromatic carbocycles. The van der Waals surface area contributed by atoms with Gasteiger partial charge in [-0.1, -0.05) is 30.3 Å². The molecule has 6 rings (SSSR count). The summed E-state index contributed by atoms with van der Waals surface area (Å²) in [4.78, 5) is 27.2. The molecule has 3 N–H and O–H groups in total. The van der Waals surface area contributed by atoms with E-state index in [1.165, 1.54) is 38.5 Å². The molecule has 3 bridgehead atoms. The number of amides is 4. The molecule has 1 heterocycles. The van der Waals surface area contributed by atoms with Crippen LogP contribution in [-0.2, 0) is 6.54 Å². The summed E-state index contributed by atoms with van der Waals surface area (Å²) >= 11 is 0. The van der Waals surface area contributed by atoms with Crippen molar-refractivity contribution < 1.29 is 9.59 Å². The zero-order chi connectivity index (χ0) is 21.1. The third-order valence-corrected chi connectivity index (χ3v) is 9.32. The lowest BCUT2D eigenvalue weighted by Gasteiger charge is -2.59. The summed E-state index contributed by atoms with van der Waals surface area (Å²) in [6, 6.07) is 9.98. The Kier molecular flexibility index (Phi) is 4.48. The minimum Gasteiger partial charge on any atom is -0.338 e. The highest BCUT2D eigenvalue weighted by atomic mass is 16.2. The van der Waals surface area contributed by atoms with E-state index < -0.39 is 0 Å². The molecule has 5 aliphatic rings. The monoisotopic (exact) mass is 422 g/mol. The second kappa shape index (κ2) is 7.14. The number of hydrogen-bond acceptors (Lipinski definition) is 2. The maximum Gasteiger partial charge on any atom is 0.317 e. The molecule has 6 nitrogen and oxygen atoms in total. The molecule has 1 spiro atoms. The van der Waals surface area contributed by atoms with Crippen LogP contribution in [-0.4, -0.2) is 42.1 Å². The number of carbonyl (C=O) groups excluding carboxylic acids is 2. The van der Waals surface area contributed by atoms with Crippen LogP contribution in [0.1, 0.15) is 50.5 Å². The van der Waals surface area contributed by atoms with Crippen LogP contribution in [0.3, 0.4) is 0 Å². The maximum absolute atomic E-state index is 12.8. The van der Waals surface area contributed by atoms with Gasteiger partial charge in [0.2, 0.25) is 0 Å². The van der Waals surface area contributed by atoms with Crippen molar-refractivity contribution in [1.82, 2.24) is 20.9 Å². The fourth-order valence-electron chi connectivity index (χ4n) is 8.17. The summed E-state index contributed by atoms with van der Waals surface area (Å²) in [6.45, 7) is 2.66. The molecular weight excluding hydrogens is 388 g/mol. The highest BCUT2D eigenvalue weighted by Gasteiger charge is 2.74. The van der Waals surface area contributed by atoms with Crippen molar-refractivity contribution >= 4 is 12.1 Å². The molecule has 0 aromatic heterocycles. The van der Waals surface area contributed by atoms with Gasteiger partial charge in [-0.15, -0.1) is 0 Å². The van der Waals surface area contributed by atoms with Gasteiger partial charge in [-0.05, 0) is 79.6 Å². The second-order valence-corrected chi connectivity index (χ2v) is 11.0. The summed E-state index contributed by atoms with van der Waals surface area (Å²) in [5.74, 6) is 2.96. The first-order chi connectivity index (χ1) is 15.1. The molecule has 1 aromatic rings. The standard InChI is InChI=1S/C25H34N4O2/c30-22(28-25-12-20-8-19-9-21(13-25)24(25,10-19)11-20)26-15-18-6-7-29(16-18)23(31)27-14-17-4-2-1-3-5-17/h1-5,18-21H,6-16H2,(H,27,31)(H2,26,28,30)/t18?,19-,20?,21?,24?,25?/m1/s1. The average Bonchev–Trinajstić information content (AvgIpc) is 3.37. The second-order valence-electron chi connectivity index (χ2n) is 11.0. The third kappa shape index (κ3) is 3.13. The van der Waals surface area contributed by atoms with E-state index in [0.29, 0.717) is 31.0 Å². The lowest BCUT2D eigenvalue weighted by Crippen LogP contribution is -2.68. The number of nitrogens with one attached hydrogen (secondary N) is 3. The number of likely N-dealkylation sites (tertiary alicyclic amines) is 1. The van der Waals surface area contributed by atoms with Crippen molar-refractivity contribution in [1.29, 1.82) is 0 Å². The smallest absolute Gasteiger partial charge is 0.317 e. The van der Waals surface area contributed by atoms with E-state index in [9.17, 15) is 9.59 Å². The molecule has 166 valence electrons. The molecule has 6 heteroatoms. The Morgan fingerprint density at radius 3 is 2.71 bits per heavy atom. The predicted octanol–water partition coefficient (Wildman–Crippen LogP) is 3.49. The Morgan fingerprint density at radius 2 is 1.84 bits per heavy atom. The van der Waals surface area contributed by atoms with Crippen molar-refractivity contribution in [2.45, 2.75) is 57.0 Å². The van der Waals surface area contributed by atoms with Gasteiger partial charge in [-0.3, -0.25) is 0 Å². The summed E-state index contributed by atoms with van der Waals surface area (Å²) in [5, 5.41) is 9.62. The van der Waals surface area contributed by atoms with Crippen LogP contribution in [0.15, 0.2) is 30.3 Å². The number of carbonyl (C=O) groups is 2. The van der Waals surface area contributed by atoms with Crippen LogP contribution < -0.4 is 16.0 Å². The SMILES string of the molecule is O=C(NCC1CCN(C(=O)NCc2ccccc2)C1)NC12CC3C[C@@H]4CC(C1)C2(C3)C4. The zero-order valence-electron chi connectivity index (χ0n) is 18.2. The largest absolute Gasteiger partial charge is 0.338 e. The van der Waals surface area contributed by atoms with Crippen molar-refractivity contribution in [2.24, 2.45) is 29.1 Å². The maximum atomic E-state index is 12.8. The number of urea groups is 2. The van der Waals surface area contributed by atoms with Gasteiger partial charge < -0.3 is 20.9 Å². The summed E-state index contributed by atoms with van der Waals surface area (Å²) in [5.41, 5.74) is 1.61. The third-order valence-electron chi connectivity index (χ3n) is 9.32. The normalized spacial score (nSPS) is 39.2. The number of fused-ring (bicyclic) bond motifs is 2. The van der Waals surface area contributed by atoms with Crippen LogP contribution in [0.2, 0.25) is 0 Å². The molecule has 31 heavy (non-hydrogen) atoms. The minimum atomic E-state index is -0.0108. The number of hydrogen-bond donors (Lipinski definition) is 3. The Hall–Kier alpha value is -2.24. The molecule has 1 aliphatic heterocycles. The molecule has 1 saturated heterocycles. The first-order valence-corrected chi connectivity index (χ1v) is 12.2. The summed E-state index contributed by atoms with van der Waals surface area (Å²) in [6.07, 6.45) is 8.85. The summed E-state index contributed by atoms with van der Waals surface area (Å²) < 4.78 is 0. The number of rotatable bonds is 5. The average molecular weight is 423 g/mol. The summed E-state index contributed by atoms with van der Waals surface area (Å²) in [7, 11) is 0. The van der Waals surface area contributed by atoms with Gasteiger partial charge in [0.05, 0.1) is 0 Å². The Bertz CT molecular complexity index is 870. The van der Waals surface area contributed by atoms with Gasteiger partial charge in [0.1, 0.15) is 0 Å². The quantitative estimate of drug-likeness (QED) is 0.680. The van der Waals surface area contributed by atoms with Crippen LogP contribution in [0, 0.1) is 29.1 Å². The Labute approximate surface area is 184 Å². The van der Waals surface area contributed by atoms with Crippen molar-refractivity contribution in [3.63, 3.8) is 0 Å². The van der Waals surface area contributed by atoms with Gasteiger partial charge in [0.15, 0.2) is 0 Å². The first kappa shape index (κ1) is 19.4. The number of nitrogens with zero attached hydrogens (tertiary/aromatic N) is 1. The topological polar surface area (TPSA) is 73.5 Å². The Balaban J connectivity index is 0.965. The van der Waals surface area contributed by atoms with E-state index >= 15 is 0 Å². The minimum absolute atomic E-state index is 0.0100. The number of benzene rings is 1. The van der Waals surface area contributed by atoms with E-state index in [-0.39, 0.29) is 17.6 Å². The van der Waals surface area contributed by atoms with E-state index in [2.05, 4.69) is 16.0 Å². The molecule has 0 radical (unpaired) electrons. The van der Waals surface area contributed by atoms with Crippen molar-refractivity contribution in [3.05, 3.63) is 35.9 Å².